The van der Waals surface area contributed by atoms with E-state index in [9.17, 15) is 4.79 Å². The Morgan fingerprint density at radius 3 is 3.10 bits per heavy atom. The van der Waals surface area contributed by atoms with Gasteiger partial charge in [-0.1, -0.05) is 19.4 Å². The Bertz CT molecular complexity index is 402. The molecule has 1 aliphatic rings. The van der Waals surface area contributed by atoms with E-state index < -0.39 is 0 Å². The number of carbonyl (C=O) groups excluding carboxylic acids is 1. The number of nitrogens with two attached hydrogens (primary N) is 1. The zero-order valence-electron chi connectivity index (χ0n) is 12.1. The lowest BCUT2D eigenvalue weighted by molar-refractivity contribution is -0.135. The van der Waals surface area contributed by atoms with Gasteiger partial charge in [-0.15, -0.1) is 11.3 Å². The number of carbonyl (C=O) groups is 1. The summed E-state index contributed by atoms with van der Waals surface area (Å²) >= 11 is 1.68. The topological polar surface area (TPSA) is 55.6 Å². The molecule has 1 fully saturated rings. The predicted molar refractivity (Wildman–Crippen MR) is 81.6 cm³/mol. The second-order valence-electron chi connectivity index (χ2n) is 5.33. The SMILES string of the molecule is CCC[C@@H](N)C(=O)N(Cc1cccs1)CC1CCCO1. The van der Waals surface area contributed by atoms with Crippen LogP contribution in [0.3, 0.4) is 0 Å². The summed E-state index contributed by atoms with van der Waals surface area (Å²) in [6.45, 7) is 4.17. The summed E-state index contributed by atoms with van der Waals surface area (Å²) in [5.74, 6) is 0.0516. The number of ether oxygens (including phenoxy) is 1. The van der Waals surface area contributed by atoms with Gasteiger partial charge in [-0.05, 0) is 30.7 Å². The largest absolute Gasteiger partial charge is 0.376 e. The molecule has 4 nitrogen and oxygen atoms in total. The number of thiophene rings is 1. The molecule has 0 saturated carbocycles. The Kier molecular flexibility index (Phi) is 6.01. The van der Waals surface area contributed by atoms with E-state index in [4.69, 9.17) is 10.5 Å². The van der Waals surface area contributed by atoms with Gasteiger partial charge in [0.25, 0.3) is 0 Å². The molecule has 1 amide bonds. The molecule has 1 aromatic rings. The van der Waals surface area contributed by atoms with Crippen molar-refractivity contribution in [1.29, 1.82) is 0 Å². The zero-order valence-corrected chi connectivity index (χ0v) is 12.9. The van der Waals surface area contributed by atoms with Gasteiger partial charge in [0.15, 0.2) is 0 Å². The smallest absolute Gasteiger partial charge is 0.239 e. The van der Waals surface area contributed by atoms with Crippen molar-refractivity contribution >= 4 is 17.2 Å². The van der Waals surface area contributed by atoms with E-state index in [1.54, 1.807) is 11.3 Å². The first kappa shape index (κ1) is 15.5. The summed E-state index contributed by atoms with van der Waals surface area (Å²) in [7, 11) is 0. The molecule has 1 saturated heterocycles. The van der Waals surface area contributed by atoms with Crippen LogP contribution in [0.15, 0.2) is 17.5 Å². The Hall–Kier alpha value is -0.910. The summed E-state index contributed by atoms with van der Waals surface area (Å²) < 4.78 is 5.66. The molecule has 0 aromatic carbocycles. The number of hydrogen-bond acceptors (Lipinski definition) is 4. The van der Waals surface area contributed by atoms with Crippen molar-refractivity contribution in [3.63, 3.8) is 0 Å². The van der Waals surface area contributed by atoms with E-state index in [1.165, 1.54) is 4.88 Å². The van der Waals surface area contributed by atoms with Crippen molar-refractivity contribution < 1.29 is 9.53 Å². The average Bonchev–Trinajstić information content (AvgIpc) is 3.10. The van der Waals surface area contributed by atoms with Gasteiger partial charge in [0.1, 0.15) is 0 Å². The molecule has 2 N–H and O–H groups in total. The number of hydrogen-bond donors (Lipinski definition) is 1. The van der Waals surface area contributed by atoms with Crippen LogP contribution in [0.1, 0.15) is 37.5 Å². The van der Waals surface area contributed by atoms with Crippen LogP contribution in [0, 0.1) is 0 Å². The molecule has 0 radical (unpaired) electrons. The summed E-state index contributed by atoms with van der Waals surface area (Å²) in [6.07, 6.45) is 3.97. The van der Waals surface area contributed by atoms with Crippen molar-refractivity contribution in [3.05, 3.63) is 22.4 Å². The molecule has 1 aliphatic heterocycles. The van der Waals surface area contributed by atoms with E-state index in [-0.39, 0.29) is 18.1 Å². The summed E-state index contributed by atoms with van der Waals surface area (Å²) in [6, 6.07) is 3.69. The van der Waals surface area contributed by atoms with Crippen LogP contribution in [0.5, 0.6) is 0 Å². The highest BCUT2D eigenvalue weighted by Gasteiger charge is 2.26. The van der Waals surface area contributed by atoms with Crippen LogP contribution in [-0.4, -0.2) is 36.1 Å². The third-order valence-corrected chi connectivity index (χ3v) is 4.46. The van der Waals surface area contributed by atoms with E-state index >= 15 is 0 Å². The number of rotatable bonds is 7. The monoisotopic (exact) mass is 296 g/mol. The fraction of sp³-hybridized carbons (Fsp3) is 0.667. The van der Waals surface area contributed by atoms with E-state index in [2.05, 4.69) is 13.0 Å². The molecule has 0 bridgehead atoms. The molecular formula is C15H24N2O2S. The molecule has 20 heavy (non-hydrogen) atoms. The molecule has 5 heteroatoms. The molecule has 1 aromatic heterocycles. The van der Waals surface area contributed by atoms with Gasteiger partial charge in [-0.2, -0.15) is 0 Å². The van der Waals surface area contributed by atoms with Crippen LogP contribution in [-0.2, 0) is 16.1 Å². The maximum Gasteiger partial charge on any atom is 0.239 e. The van der Waals surface area contributed by atoms with E-state index in [0.717, 1.165) is 32.3 Å². The minimum atomic E-state index is -0.388. The molecule has 1 unspecified atom stereocenters. The van der Waals surface area contributed by atoms with Crippen molar-refractivity contribution in [1.82, 2.24) is 4.90 Å². The van der Waals surface area contributed by atoms with Crippen LogP contribution in [0.2, 0.25) is 0 Å². The molecule has 2 heterocycles. The highest BCUT2D eigenvalue weighted by Crippen LogP contribution is 2.18. The summed E-state index contributed by atoms with van der Waals surface area (Å²) in [5.41, 5.74) is 6.00. The van der Waals surface area contributed by atoms with Crippen molar-refractivity contribution in [2.24, 2.45) is 5.73 Å². The Morgan fingerprint density at radius 1 is 1.65 bits per heavy atom. The number of amides is 1. The van der Waals surface area contributed by atoms with Crippen molar-refractivity contribution in [2.75, 3.05) is 13.2 Å². The molecule has 2 atom stereocenters. The van der Waals surface area contributed by atoms with Crippen molar-refractivity contribution in [3.8, 4) is 0 Å². The highest BCUT2D eigenvalue weighted by atomic mass is 32.1. The highest BCUT2D eigenvalue weighted by molar-refractivity contribution is 7.09. The van der Waals surface area contributed by atoms with Crippen LogP contribution >= 0.6 is 11.3 Å². The first-order valence-corrected chi connectivity index (χ1v) is 8.27. The van der Waals surface area contributed by atoms with Crippen LogP contribution < -0.4 is 5.73 Å². The zero-order chi connectivity index (χ0) is 14.4. The quantitative estimate of drug-likeness (QED) is 0.840. The molecule has 0 aliphatic carbocycles. The molecule has 0 spiro atoms. The maximum absolute atomic E-state index is 12.5. The first-order chi connectivity index (χ1) is 9.70. The summed E-state index contributed by atoms with van der Waals surface area (Å²) in [4.78, 5) is 15.6. The molecule has 112 valence electrons. The fourth-order valence-corrected chi connectivity index (χ4v) is 3.25. The summed E-state index contributed by atoms with van der Waals surface area (Å²) in [5, 5.41) is 2.04. The lowest BCUT2D eigenvalue weighted by Crippen LogP contribution is -2.46. The normalized spacial score (nSPS) is 20.0. The second kappa shape index (κ2) is 7.76. The van der Waals surface area contributed by atoms with Gasteiger partial charge in [0, 0.05) is 18.0 Å². The Labute approximate surface area is 124 Å². The first-order valence-electron chi connectivity index (χ1n) is 7.39. The maximum atomic E-state index is 12.5. The average molecular weight is 296 g/mol. The third-order valence-electron chi connectivity index (χ3n) is 3.60. The fourth-order valence-electron chi connectivity index (χ4n) is 2.53. The van der Waals surface area contributed by atoms with Crippen LogP contribution in [0.4, 0.5) is 0 Å². The van der Waals surface area contributed by atoms with Gasteiger partial charge in [-0.3, -0.25) is 4.79 Å². The molecular weight excluding hydrogens is 272 g/mol. The third kappa shape index (κ3) is 4.30. The van der Waals surface area contributed by atoms with Gasteiger partial charge in [0.2, 0.25) is 5.91 Å². The van der Waals surface area contributed by atoms with Crippen molar-refractivity contribution in [2.45, 2.75) is 51.3 Å². The lowest BCUT2D eigenvalue weighted by Gasteiger charge is -2.27. The molecule has 2 rings (SSSR count). The Balaban J connectivity index is 1.99. The Morgan fingerprint density at radius 2 is 2.50 bits per heavy atom. The number of nitrogens with zero attached hydrogens (tertiary/aromatic N) is 1. The minimum absolute atomic E-state index is 0.0516. The second-order valence-corrected chi connectivity index (χ2v) is 6.36. The standard InChI is InChI=1S/C15H24N2O2S/c1-2-5-14(16)15(18)17(10-12-6-3-8-19-12)11-13-7-4-9-20-13/h4,7,9,12,14H,2-3,5-6,8,10-11,16H2,1H3/t12?,14-/m1/s1. The lowest BCUT2D eigenvalue weighted by atomic mass is 10.1. The predicted octanol–water partition coefficient (Wildman–Crippen LogP) is 2.38. The van der Waals surface area contributed by atoms with Gasteiger partial charge in [-0.25, -0.2) is 0 Å². The van der Waals surface area contributed by atoms with Crippen LogP contribution in [0.25, 0.3) is 0 Å². The van der Waals surface area contributed by atoms with E-state index in [1.807, 2.05) is 16.3 Å². The van der Waals surface area contributed by atoms with E-state index in [0.29, 0.717) is 13.1 Å². The minimum Gasteiger partial charge on any atom is -0.376 e. The van der Waals surface area contributed by atoms with Gasteiger partial charge < -0.3 is 15.4 Å². The van der Waals surface area contributed by atoms with Gasteiger partial charge >= 0.3 is 0 Å². The van der Waals surface area contributed by atoms with Gasteiger partial charge in [0.05, 0.1) is 18.7 Å².